The van der Waals surface area contributed by atoms with E-state index in [4.69, 9.17) is 5.73 Å². The summed E-state index contributed by atoms with van der Waals surface area (Å²) in [4.78, 5) is 4.64. The van der Waals surface area contributed by atoms with Crippen molar-refractivity contribution in [2.24, 2.45) is 0 Å². The Balaban J connectivity index is 2.25. The summed E-state index contributed by atoms with van der Waals surface area (Å²) in [6.07, 6.45) is -0.479. The predicted octanol–water partition coefficient (Wildman–Crippen LogP) is 1.07. The smallest absolute Gasteiger partial charge is 0.0782 e. The van der Waals surface area contributed by atoms with Crippen LogP contribution in [0.15, 0.2) is 18.2 Å². The second-order valence-electron chi connectivity index (χ2n) is 4.78. The molecule has 1 heterocycles. The van der Waals surface area contributed by atoms with Crippen LogP contribution in [0.3, 0.4) is 0 Å². The number of piperazine rings is 1. The Kier molecular flexibility index (Phi) is 3.54. The second kappa shape index (κ2) is 4.94. The van der Waals surface area contributed by atoms with Crippen LogP contribution >= 0.6 is 0 Å². The van der Waals surface area contributed by atoms with Crippen LogP contribution in [0.25, 0.3) is 0 Å². The van der Waals surface area contributed by atoms with E-state index in [2.05, 4.69) is 16.8 Å². The van der Waals surface area contributed by atoms with Crippen LogP contribution < -0.4 is 10.6 Å². The third-order valence-electron chi connectivity index (χ3n) is 3.35. The number of likely N-dealkylation sites (N-methyl/N-ethyl adjacent to an activating group) is 1. The maximum atomic E-state index is 9.82. The molecule has 94 valence electrons. The highest BCUT2D eigenvalue weighted by molar-refractivity contribution is 5.60. The molecule has 0 amide bonds. The van der Waals surface area contributed by atoms with Crippen molar-refractivity contribution in [2.75, 3.05) is 43.9 Å². The SMILES string of the molecule is CC(O)c1cc(N)ccc1N1CCN(C)CC1. The number of benzene rings is 1. The molecule has 1 unspecified atom stereocenters. The topological polar surface area (TPSA) is 52.7 Å². The van der Waals surface area contributed by atoms with E-state index in [0.717, 1.165) is 37.4 Å². The first-order valence-electron chi connectivity index (χ1n) is 6.09. The van der Waals surface area contributed by atoms with Crippen molar-refractivity contribution < 1.29 is 5.11 Å². The van der Waals surface area contributed by atoms with Gasteiger partial charge in [-0.25, -0.2) is 0 Å². The van der Waals surface area contributed by atoms with Gasteiger partial charge in [-0.2, -0.15) is 0 Å². The number of nitrogen functional groups attached to an aromatic ring is 1. The lowest BCUT2D eigenvalue weighted by atomic mass is 10.1. The fourth-order valence-corrected chi connectivity index (χ4v) is 2.24. The van der Waals surface area contributed by atoms with Crippen LogP contribution in [0, 0.1) is 0 Å². The van der Waals surface area contributed by atoms with Crippen molar-refractivity contribution in [3.8, 4) is 0 Å². The van der Waals surface area contributed by atoms with E-state index in [-0.39, 0.29) is 0 Å². The molecule has 0 bridgehead atoms. The first-order valence-corrected chi connectivity index (χ1v) is 6.09. The quantitative estimate of drug-likeness (QED) is 0.753. The number of aliphatic hydroxyl groups excluding tert-OH is 1. The lowest BCUT2D eigenvalue weighted by Crippen LogP contribution is -2.44. The highest BCUT2D eigenvalue weighted by atomic mass is 16.3. The summed E-state index contributed by atoms with van der Waals surface area (Å²) < 4.78 is 0. The van der Waals surface area contributed by atoms with Gasteiger partial charge in [-0.3, -0.25) is 0 Å². The van der Waals surface area contributed by atoms with E-state index >= 15 is 0 Å². The molecular formula is C13H21N3O. The van der Waals surface area contributed by atoms with Crippen LogP contribution in [-0.2, 0) is 0 Å². The van der Waals surface area contributed by atoms with Gasteiger partial charge in [0.1, 0.15) is 0 Å². The van der Waals surface area contributed by atoms with Gasteiger partial charge in [0.15, 0.2) is 0 Å². The molecule has 4 nitrogen and oxygen atoms in total. The van der Waals surface area contributed by atoms with Gasteiger partial charge in [-0.1, -0.05) is 0 Å². The average Bonchev–Trinajstić information content (AvgIpc) is 2.30. The lowest BCUT2D eigenvalue weighted by molar-refractivity contribution is 0.199. The molecule has 1 aliphatic heterocycles. The van der Waals surface area contributed by atoms with Crippen molar-refractivity contribution in [1.29, 1.82) is 0 Å². The Morgan fingerprint density at radius 1 is 1.24 bits per heavy atom. The van der Waals surface area contributed by atoms with Crippen molar-refractivity contribution in [1.82, 2.24) is 4.90 Å². The van der Waals surface area contributed by atoms with Gasteiger partial charge >= 0.3 is 0 Å². The highest BCUT2D eigenvalue weighted by Gasteiger charge is 2.18. The number of rotatable bonds is 2. The molecule has 0 saturated carbocycles. The summed E-state index contributed by atoms with van der Waals surface area (Å²) >= 11 is 0. The largest absolute Gasteiger partial charge is 0.399 e. The molecule has 1 aromatic carbocycles. The van der Waals surface area contributed by atoms with E-state index in [1.54, 1.807) is 6.92 Å². The monoisotopic (exact) mass is 235 g/mol. The zero-order valence-corrected chi connectivity index (χ0v) is 10.6. The molecule has 17 heavy (non-hydrogen) atoms. The minimum Gasteiger partial charge on any atom is -0.399 e. The number of hydrogen-bond donors (Lipinski definition) is 2. The summed E-state index contributed by atoms with van der Waals surface area (Å²) in [5.74, 6) is 0. The number of hydrogen-bond acceptors (Lipinski definition) is 4. The number of aliphatic hydroxyl groups is 1. The average molecular weight is 235 g/mol. The number of nitrogens with two attached hydrogens (primary N) is 1. The third kappa shape index (κ3) is 2.70. The Labute approximate surface area is 103 Å². The van der Waals surface area contributed by atoms with Crippen LogP contribution in [0.1, 0.15) is 18.6 Å². The Bertz CT molecular complexity index is 384. The molecule has 4 heteroatoms. The van der Waals surface area contributed by atoms with Gasteiger partial charge in [0.05, 0.1) is 6.10 Å². The van der Waals surface area contributed by atoms with Gasteiger partial charge in [0.25, 0.3) is 0 Å². The zero-order valence-electron chi connectivity index (χ0n) is 10.6. The molecule has 1 aromatic rings. The Morgan fingerprint density at radius 3 is 2.47 bits per heavy atom. The maximum Gasteiger partial charge on any atom is 0.0782 e. The summed E-state index contributed by atoms with van der Waals surface area (Å²) in [5.41, 5.74) is 8.52. The summed E-state index contributed by atoms with van der Waals surface area (Å²) in [5, 5.41) is 9.82. The predicted molar refractivity (Wildman–Crippen MR) is 71.2 cm³/mol. The molecule has 3 N–H and O–H groups in total. The van der Waals surface area contributed by atoms with Crippen LogP contribution in [0.4, 0.5) is 11.4 Å². The van der Waals surface area contributed by atoms with Crippen LogP contribution in [0.5, 0.6) is 0 Å². The van der Waals surface area contributed by atoms with E-state index in [9.17, 15) is 5.11 Å². The first-order chi connectivity index (χ1) is 8.08. The molecule has 2 rings (SSSR count). The molecule has 1 saturated heterocycles. The molecular weight excluding hydrogens is 214 g/mol. The maximum absolute atomic E-state index is 9.82. The van der Waals surface area contributed by atoms with Crippen molar-refractivity contribution in [3.05, 3.63) is 23.8 Å². The van der Waals surface area contributed by atoms with E-state index < -0.39 is 6.10 Å². The number of anilines is 2. The molecule has 0 spiro atoms. The van der Waals surface area contributed by atoms with Crippen LogP contribution in [0.2, 0.25) is 0 Å². The molecule has 1 fully saturated rings. The fourth-order valence-electron chi connectivity index (χ4n) is 2.24. The molecule has 1 atom stereocenters. The molecule has 0 aliphatic carbocycles. The summed E-state index contributed by atoms with van der Waals surface area (Å²) in [6.45, 7) is 5.90. The first kappa shape index (κ1) is 12.2. The van der Waals surface area contributed by atoms with Gasteiger partial charge in [-0.15, -0.1) is 0 Å². The van der Waals surface area contributed by atoms with E-state index in [0.29, 0.717) is 5.69 Å². The molecule has 0 radical (unpaired) electrons. The number of nitrogens with zero attached hydrogens (tertiary/aromatic N) is 2. The van der Waals surface area contributed by atoms with Gasteiger partial charge in [0.2, 0.25) is 0 Å². The van der Waals surface area contributed by atoms with Gasteiger partial charge < -0.3 is 20.6 Å². The molecule has 0 aromatic heterocycles. The zero-order chi connectivity index (χ0) is 12.4. The standard InChI is InChI=1S/C13H21N3O/c1-10(17)12-9-11(14)3-4-13(12)16-7-5-15(2)6-8-16/h3-4,9-10,17H,5-8,14H2,1-2H3. The van der Waals surface area contributed by atoms with E-state index in [1.807, 2.05) is 18.2 Å². The van der Waals surface area contributed by atoms with E-state index in [1.165, 1.54) is 0 Å². The fraction of sp³-hybridized carbons (Fsp3) is 0.538. The summed E-state index contributed by atoms with van der Waals surface area (Å²) in [6, 6.07) is 5.79. The molecule has 1 aliphatic rings. The normalized spacial score (nSPS) is 19.4. The third-order valence-corrected chi connectivity index (χ3v) is 3.35. The van der Waals surface area contributed by atoms with Crippen LogP contribution in [-0.4, -0.2) is 43.2 Å². The van der Waals surface area contributed by atoms with Crippen molar-refractivity contribution in [3.63, 3.8) is 0 Å². The van der Waals surface area contributed by atoms with Gasteiger partial charge in [0, 0.05) is 43.1 Å². The van der Waals surface area contributed by atoms with Gasteiger partial charge in [-0.05, 0) is 32.2 Å². The second-order valence-corrected chi connectivity index (χ2v) is 4.78. The highest BCUT2D eigenvalue weighted by Crippen LogP contribution is 2.29. The van der Waals surface area contributed by atoms with Crippen molar-refractivity contribution in [2.45, 2.75) is 13.0 Å². The summed E-state index contributed by atoms with van der Waals surface area (Å²) in [7, 11) is 2.13. The Hall–Kier alpha value is -1.26. The Morgan fingerprint density at radius 2 is 1.88 bits per heavy atom. The minimum absolute atomic E-state index is 0.479. The minimum atomic E-state index is -0.479. The van der Waals surface area contributed by atoms with Crippen molar-refractivity contribution >= 4 is 11.4 Å². The lowest BCUT2D eigenvalue weighted by Gasteiger charge is -2.35.